The zero-order valence-corrected chi connectivity index (χ0v) is 15.2. The van der Waals surface area contributed by atoms with E-state index in [9.17, 15) is 4.79 Å². The monoisotopic (exact) mass is 388 g/mol. The summed E-state index contributed by atoms with van der Waals surface area (Å²) in [5.74, 6) is 0.724. The molecule has 2 N–H and O–H groups in total. The van der Waals surface area contributed by atoms with E-state index in [1.54, 1.807) is 49.6 Å². The van der Waals surface area contributed by atoms with Crippen molar-refractivity contribution < 1.29 is 9.53 Å². The number of amides is 1. The molecule has 3 aromatic rings. The van der Waals surface area contributed by atoms with Crippen LogP contribution in [0.4, 0.5) is 17.2 Å². The van der Waals surface area contributed by atoms with Gasteiger partial charge in [-0.3, -0.25) is 4.79 Å². The Hall–Kier alpha value is -2.83. The first-order chi connectivity index (χ1) is 12.5. The number of halogens is 2. The molecule has 6 nitrogen and oxygen atoms in total. The second-order valence-corrected chi connectivity index (χ2v) is 6.07. The average Bonchev–Trinajstić information content (AvgIpc) is 2.64. The summed E-state index contributed by atoms with van der Waals surface area (Å²) in [7, 11) is 1.56. The van der Waals surface area contributed by atoms with Crippen molar-refractivity contribution in [3.8, 4) is 5.75 Å². The maximum atomic E-state index is 12.3. The molecule has 0 saturated heterocycles. The first-order valence-electron chi connectivity index (χ1n) is 7.54. The maximum absolute atomic E-state index is 12.3. The lowest BCUT2D eigenvalue weighted by molar-refractivity contribution is 0.102. The minimum Gasteiger partial charge on any atom is -0.497 e. The van der Waals surface area contributed by atoms with Crippen molar-refractivity contribution >= 4 is 46.3 Å². The van der Waals surface area contributed by atoms with Gasteiger partial charge in [-0.15, -0.1) is 0 Å². The maximum Gasteiger partial charge on any atom is 0.275 e. The summed E-state index contributed by atoms with van der Waals surface area (Å²) in [6.45, 7) is 0. The summed E-state index contributed by atoms with van der Waals surface area (Å²) in [5, 5.41) is 6.75. The highest BCUT2D eigenvalue weighted by atomic mass is 35.5. The van der Waals surface area contributed by atoms with Gasteiger partial charge in [0, 0.05) is 16.8 Å². The fourth-order valence-electron chi connectivity index (χ4n) is 2.13. The van der Waals surface area contributed by atoms with E-state index in [0.717, 1.165) is 0 Å². The highest BCUT2D eigenvalue weighted by Crippen LogP contribution is 2.27. The number of nitrogens with zero attached hydrogens (tertiary/aromatic N) is 2. The van der Waals surface area contributed by atoms with E-state index in [1.807, 2.05) is 0 Å². The number of anilines is 3. The SMILES string of the molecule is COc1cccc(NC(=O)c2cnc(Nc3ccc(Cl)cc3Cl)cn2)c1. The van der Waals surface area contributed by atoms with Gasteiger partial charge in [0.05, 0.1) is 30.2 Å². The number of nitrogens with one attached hydrogen (secondary N) is 2. The van der Waals surface area contributed by atoms with Crippen LogP contribution in [-0.4, -0.2) is 23.0 Å². The lowest BCUT2D eigenvalue weighted by Gasteiger charge is -2.09. The van der Waals surface area contributed by atoms with Crippen molar-refractivity contribution in [3.05, 3.63) is 70.6 Å². The molecule has 132 valence electrons. The van der Waals surface area contributed by atoms with Gasteiger partial charge in [0.2, 0.25) is 0 Å². The minimum atomic E-state index is -0.373. The molecule has 1 heterocycles. The molecule has 0 unspecified atom stereocenters. The van der Waals surface area contributed by atoms with Crippen LogP contribution in [0.3, 0.4) is 0 Å². The molecule has 8 heteroatoms. The summed E-state index contributed by atoms with van der Waals surface area (Å²) < 4.78 is 5.12. The third-order valence-electron chi connectivity index (χ3n) is 3.41. The zero-order valence-electron chi connectivity index (χ0n) is 13.7. The van der Waals surface area contributed by atoms with E-state index in [-0.39, 0.29) is 11.6 Å². The molecule has 1 aromatic heterocycles. The Morgan fingerprint density at radius 1 is 1.08 bits per heavy atom. The molecule has 0 fully saturated rings. The third-order valence-corrected chi connectivity index (χ3v) is 3.95. The standard InChI is InChI=1S/C18H14Cl2N4O2/c1-26-13-4-2-3-12(8-13)23-18(25)16-9-22-17(10-21-16)24-15-6-5-11(19)7-14(15)20/h2-10H,1H3,(H,22,24)(H,23,25). The van der Waals surface area contributed by atoms with Gasteiger partial charge >= 0.3 is 0 Å². The van der Waals surface area contributed by atoms with Crippen LogP contribution >= 0.6 is 23.2 Å². The fourth-order valence-corrected chi connectivity index (χ4v) is 2.59. The summed E-state index contributed by atoms with van der Waals surface area (Å²) in [5.41, 5.74) is 1.42. The van der Waals surface area contributed by atoms with Crippen LogP contribution in [0.5, 0.6) is 5.75 Å². The average molecular weight is 389 g/mol. The van der Waals surface area contributed by atoms with Gasteiger partial charge in [-0.05, 0) is 30.3 Å². The Bertz CT molecular complexity index is 933. The quantitative estimate of drug-likeness (QED) is 0.656. The van der Waals surface area contributed by atoms with Crippen LogP contribution in [0.15, 0.2) is 54.9 Å². The number of carbonyl (C=O) groups excluding carboxylic acids is 1. The molecule has 0 saturated carbocycles. The first kappa shape index (κ1) is 18.0. The van der Waals surface area contributed by atoms with Gasteiger partial charge in [-0.25, -0.2) is 9.97 Å². The molecule has 1 amide bonds. The van der Waals surface area contributed by atoms with Crippen LogP contribution in [-0.2, 0) is 0 Å². The summed E-state index contributed by atoms with van der Waals surface area (Å²) in [4.78, 5) is 20.6. The van der Waals surface area contributed by atoms with Crippen LogP contribution in [0.1, 0.15) is 10.5 Å². The Morgan fingerprint density at radius 2 is 1.92 bits per heavy atom. The molecule has 26 heavy (non-hydrogen) atoms. The minimum absolute atomic E-state index is 0.181. The number of ether oxygens (including phenoxy) is 1. The third kappa shape index (κ3) is 4.41. The molecule has 0 aliphatic heterocycles. The molecule has 2 aromatic carbocycles. The van der Waals surface area contributed by atoms with Crippen LogP contribution < -0.4 is 15.4 Å². The van der Waals surface area contributed by atoms with E-state index >= 15 is 0 Å². The molecular weight excluding hydrogens is 375 g/mol. The normalized spacial score (nSPS) is 10.3. The highest BCUT2D eigenvalue weighted by molar-refractivity contribution is 6.36. The zero-order chi connectivity index (χ0) is 18.5. The molecule has 0 atom stereocenters. The number of methoxy groups -OCH3 is 1. The molecule has 0 aliphatic carbocycles. The van der Waals surface area contributed by atoms with Gasteiger partial charge in [-0.1, -0.05) is 29.3 Å². The van der Waals surface area contributed by atoms with E-state index < -0.39 is 0 Å². The highest BCUT2D eigenvalue weighted by Gasteiger charge is 2.10. The summed E-state index contributed by atoms with van der Waals surface area (Å²) >= 11 is 12.0. The van der Waals surface area contributed by atoms with Gasteiger partial charge in [0.1, 0.15) is 17.3 Å². The van der Waals surface area contributed by atoms with Crippen molar-refractivity contribution in [2.75, 3.05) is 17.7 Å². The number of carbonyl (C=O) groups is 1. The van der Waals surface area contributed by atoms with Crippen LogP contribution in [0.25, 0.3) is 0 Å². The number of aromatic nitrogens is 2. The lowest BCUT2D eigenvalue weighted by Crippen LogP contribution is -2.14. The second kappa shape index (κ2) is 8.03. The van der Waals surface area contributed by atoms with Crippen molar-refractivity contribution in [1.29, 1.82) is 0 Å². The van der Waals surface area contributed by atoms with Crippen LogP contribution in [0, 0.1) is 0 Å². The van der Waals surface area contributed by atoms with Gasteiger partial charge in [-0.2, -0.15) is 0 Å². The molecule has 0 spiro atoms. The van der Waals surface area contributed by atoms with Crippen molar-refractivity contribution in [3.63, 3.8) is 0 Å². The molecule has 0 aliphatic rings. The largest absolute Gasteiger partial charge is 0.497 e. The lowest BCUT2D eigenvalue weighted by atomic mass is 10.3. The Labute approximate surface area is 160 Å². The van der Waals surface area contributed by atoms with Crippen LogP contribution in [0.2, 0.25) is 10.0 Å². The van der Waals surface area contributed by atoms with Crippen molar-refractivity contribution in [1.82, 2.24) is 9.97 Å². The first-order valence-corrected chi connectivity index (χ1v) is 8.30. The topological polar surface area (TPSA) is 76.1 Å². The smallest absolute Gasteiger partial charge is 0.275 e. The van der Waals surface area contributed by atoms with Gasteiger partial charge < -0.3 is 15.4 Å². The van der Waals surface area contributed by atoms with E-state index in [0.29, 0.717) is 33.0 Å². The van der Waals surface area contributed by atoms with Crippen molar-refractivity contribution in [2.45, 2.75) is 0 Å². The molecule has 0 bridgehead atoms. The van der Waals surface area contributed by atoms with E-state index in [4.69, 9.17) is 27.9 Å². The Balaban J connectivity index is 1.69. The summed E-state index contributed by atoms with van der Waals surface area (Å²) in [6.07, 6.45) is 2.83. The molecular formula is C18H14Cl2N4O2. The van der Waals surface area contributed by atoms with Crippen molar-refractivity contribution in [2.24, 2.45) is 0 Å². The Kier molecular flexibility index (Phi) is 5.55. The fraction of sp³-hybridized carbons (Fsp3) is 0.0556. The molecule has 0 radical (unpaired) electrons. The summed E-state index contributed by atoms with van der Waals surface area (Å²) in [6, 6.07) is 12.1. The predicted octanol–water partition coefficient (Wildman–Crippen LogP) is 4.79. The predicted molar refractivity (Wildman–Crippen MR) is 103 cm³/mol. The Morgan fingerprint density at radius 3 is 2.62 bits per heavy atom. The second-order valence-electron chi connectivity index (χ2n) is 5.22. The number of hydrogen-bond acceptors (Lipinski definition) is 5. The number of rotatable bonds is 5. The van der Waals surface area contributed by atoms with Gasteiger partial charge in [0.15, 0.2) is 0 Å². The number of benzene rings is 2. The number of hydrogen-bond donors (Lipinski definition) is 2. The van der Waals surface area contributed by atoms with Gasteiger partial charge in [0.25, 0.3) is 5.91 Å². The van der Waals surface area contributed by atoms with E-state index in [1.165, 1.54) is 12.4 Å². The molecule has 3 rings (SSSR count). The van der Waals surface area contributed by atoms with E-state index in [2.05, 4.69) is 20.6 Å².